The van der Waals surface area contributed by atoms with E-state index in [4.69, 9.17) is 5.11 Å². The van der Waals surface area contributed by atoms with Crippen molar-refractivity contribution >= 4 is 12.0 Å². The zero-order valence-electron chi connectivity index (χ0n) is 9.34. The van der Waals surface area contributed by atoms with Crippen molar-refractivity contribution < 1.29 is 15.0 Å². The van der Waals surface area contributed by atoms with Crippen LogP contribution >= 0.6 is 0 Å². The molecule has 0 saturated carbocycles. The van der Waals surface area contributed by atoms with Gasteiger partial charge >= 0.3 is 5.97 Å². The lowest BCUT2D eigenvalue weighted by molar-refractivity contribution is -0.131. The molecule has 0 bridgehead atoms. The Morgan fingerprint density at radius 3 is 2.69 bits per heavy atom. The van der Waals surface area contributed by atoms with Gasteiger partial charge in [0.25, 0.3) is 0 Å². The molecule has 0 unspecified atom stereocenters. The van der Waals surface area contributed by atoms with Gasteiger partial charge in [-0.05, 0) is 37.9 Å². The summed E-state index contributed by atoms with van der Waals surface area (Å²) in [6, 6.07) is 5.02. The van der Waals surface area contributed by atoms with Crippen LogP contribution < -0.4 is 0 Å². The molecule has 0 saturated heterocycles. The van der Waals surface area contributed by atoms with Gasteiger partial charge in [0.05, 0.1) is 0 Å². The van der Waals surface area contributed by atoms with Gasteiger partial charge in [-0.25, -0.2) is 4.79 Å². The highest BCUT2D eigenvalue weighted by Gasteiger charge is 2.03. The average molecular weight is 221 g/mol. The quantitative estimate of drug-likeness (QED) is 0.757. The van der Waals surface area contributed by atoms with E-state index in [2.05, 4.69) is 0 Å². The maximum Gasteiger partial charge on any atom is 0.328 e. The Hall–Kier alpha value is -1.81. The van der Waals surface area contributed by atoms with Crippen molar-refractivity contribution in [1.29, 1.82) is 0 Å². The molecule has 2 N–H and O–H groups in total. The van der Waals surface area contributed by atoms with Crippen LogP contribution in [0.15, 0.2) is 24.3 Å². The number of aromatic hydroxyl groups is 1. The van der Waals surface area contributed by atoms with E-state index in [0.29, 0.717) is 6.54 Å². The maximum absolute atomic E-state index is 10.4. The van der Waals surface area contributed by atoms with Crippen LogP contribution in [0.3, 0.4) is 0 Å². The van der Waals surface area contributed by atoms with Crippen LogP contribution in [0.2, 0.25) is 0 Å². The minimum atomic E-state index is -0.984. The third-order valence-corrected chi connectivity index (χ3v) is 2.01. The summed E-state index contributed by atoms with van der Waals surface area (Å²) in [7, 11) is 3.80. The molecular weight excluding hydrogens is 206 g/mol. The second-order valence-electron chi connectivity index (χ2n) is 3.80. The first kappa shape index (κ1) is 12.3. The fourth-order valence-electron chi connectivity index (χ4n) is 1.34. The fraction of sp³-hybridized carbons (Fsp3) is 0.250. The van der Waals surface area contributed by atoms with E-state index in [1.807, 2.05) is 19.0 Å². The minimum absolute atomic E-state index is 0.223. The van der Waals surface area contributed by atoms with E-state index >= 15 is 0 Å². The van der Waals surface area contributed by atoms with Crippen LogP contribution in [-0.2, 0) is 11.3 Å². The number of carboxylic acids is 1. The normalized spacial score (nSPS) is 11.2. The predicted octanol–water partition coefficient (Wildman–Crippen LogP) is 1.55. The van der Waals surface area contributed by atoms with E-state index in [0.717, 1.165) is 17.2 Å². The summed E-state index contributed by atoms with van der Waals surface area (Å²) >= 11 is 0. The van der Waals surface area contributed by atoms with Gasteiger partial charge in [-0.3, -0.25) is 0 Å². The van der Waals surface area contributed by atoms with Gasteiger partial charge < -0.3 is 15.1 Å². The third-order valence-electron chi connectivity index (χ3n) is 2.01. The molecule has 1 aromatic rings. The molecule has 86 valence electrons. The van der Waals surface area contributed by atoms with Gasteiger partial charge in [-0.1, -0.05) is 6.07 Å². The van der Waals surface area contributed by atoms with Gasteiger partial charge in [0.1, 0.15) is 5.75 Å². The largest absolute Gasteiger partial charge is 0.508 e. The minimum Gasteiger partial charge on any atom is -0.508 e. The van der Waals surface area contributed by atoms with Gasteiger partial charge in [0.2, 0.25) is 0 Å². The first-order valence-corrected chi connectivity index (χ1v) is 4.86. The van der Waals surface area contributed by atoms with Crippen LogP contribution in [0.5, 0.6) is 5.75 Å². The Morgan fingerprint density at radius 2 is 2.12 bits per heavy atom. The van der Waals surface area contributed by atoms with Crippen LogP contribution in [-0.4, -0.2) is 35.2 Å². The first-order valence-electron chi connectivity index (χ1n) is 4.86. The number of phenolic OH excluding ortho intramolecular Hbond substituents is 1. The van der Waals surface area contributed by atoms with Crippen LogP contribution in [0, 0.1) is 0 Å². The van der Waals surface area contributed by atoms with Gasteiger partial charge in [0.15, 0.2) is 0 Å². The van der Waals surface area contributed by atoms with Crippen LogP contribution in [0.1, 0.15) is 11.1 Å². The average Bonchev–Trinajstić information content (AvgIpc) is 2.18. The van der Waals surface area contributed by atoms with Crippen molar-refractivity contribution in [3.8, 4) is 5.75 Å². The molecule has 0 aliphatic heterocycles. The highest BCUT2D eigenvalue weighted by molar-refractivity contribution is 5.85. The monoisotopic (exact) mass is 221 g/mol. The molecule has 0 amide bonds. The van der Waals surface area contributed by atoms with Crippen molar-refractivity contribution in [2.24, 2.45) is 0 Å². The van der Waals surface area contributed by atoms with E-state index in [9.17, 15) is 9.90 Å². The van der Waals surface area contributed by atoms with Crippen molar-refractivity contribution in [1.82, 2.24) is 4.90 Å². The van der Waals surface area contributed by atoms with E-state index in [1.54, 1.807) is 18.2 Å². The number of carbonyl (C=O) groups is 1. The zero-order valence-corrected chi connectivity index (χ0v) is 9.34. The maximum atomic E-state index is 10.4. The summed E-state index contributed by atoms with van der Waals surface area (Å²) in [6.07, 6.45) is 2.58. The van der Waals surface area contributed by atoms with E-state index in [-0.39, 0.29) is 5.75 Å². The Kier molecular flexibility index (Phi) is 4.08. The molecule has 0 heterocycles. The summed E-state index contributed by atoms with van der Waals surface area (Å²) in [4.78, 5) is 12.3. The number of carboxylic acid groups (broad SMARTS) is 1. The van der Waals surface area contributed by atoms with Crippen molar-refractivity contribution in [3.63, 3.8) is 0 Å². The summed E-state index contributed by atoms with van der Waals surface area (Å²) in [5.41, 5.74) is 1.54. The topological polar surface area (TPSA) is 60.8 Å². The molecule has 0 aliphatic rings. The Labute approximate surface area is 94.4 Å². The lowest BCUT2D eigenvalue weighted by Crippen LogP contribution is -2.10. The summed E-state index contributed by atoms with van der Waals surface area (Å²) in [5.74, 6) is -0.761. The molecule has 1 aromatic carbocycles. The number of rotatable bonds is 4. The molecule has 16 heavy (non-hydrogen) atoms. The molecule has 0 spiro atoms. The van der Waals surface area contributed by atoms with Gasteiger partial charge in [0, 0.05) is 18.2 Å². The smallest absolute Gasteiger partial charge is 0.328 e. The predicted molar refractivity (Wildman–Crippen MR) is 62.2 cm³/mol. The number of benzene rings is 1. The van der Waals surface area contributed by atoms with Gasteiger partial charge in [-0.15, -0.1) is 0 Å². The number of phenols is 1. The van der Waals surface area contributed by atoms with Gasteiger partial charge in [-0.2, -0.15) is 0 Å². The Morgan fingerprint density at radius 1 is 1.44 bits per heavy atom. The summed E-state index contributed by atoms with van der Waals surface area (Å²) < 4.78 is 0. The first-order chi connectivity index (χ1) is 7.49. The molecule has 4 nitrogen and oxygen atoms in total. The van der Waals surface area contributed by atoms with Crippen molar-refractivity contribution in [2.75, 3.05) is 14.1 Å². The Bertz CT molecular complexity index is 411. The summed E-state index contributed by atoms with van der Waals surface area (Å²) in [6.45, 7) is 0.612. The molecular formula is C12H15NO3. The molecule has 0 aromatic heterocycles. The highest BCUT2D eigenvalue weighted by Crippen LogP contribution is 2.20. The second kappa shape index (κ2) is 5.32. The number of hydrogen-bond acceptors (Lipinski definition) is 3. The molecule has 0 atom stereocenters. The molecule has 0 radical (unpaired) electrons. The lowest BCUT2D eigenvalue weighted by Gasteiger charge is -2.11. The van der Waals surface area contributed by atoms with Crippen molar-refractivity contribution in [2.45, 2.75) is 6.54 Å². The van der Waals surface area contributed by atoms with Crippen molar-refractivity contribution in [3.05, 3.63) is 35.4 Å². The SMILES string of the molecule is CN(C)Cc1cc(/C=C/C(=O)O)ccc1O. The summed E-state index contributed by atoms with van der Waals surface area (Å²) in [5, 5.41) is 18.1. The lowest BCUT2D eigenvalue weighted by atomic mass is 10.1. The molecule has 0 aliphatic carbocycles. The fourth-order valence-corrected chi connectivity index (χ4v) is 1.34. The van der Waals surface area contributed by atoms with E-state index < -0.39 is 5.97 Å². The van der Waals surface area contributed by atoms with Crippen LogP contribution in [0.25, 0.3) is 6.08 Å². The standard InChI is InChI=1S/C12H15NO3/c1-13(2)8-10-7-9(3-5-11(10)14)4-6-12(15)16/h3-7,14H,8H2,1-2H3,(H,15,16)/b6-4+. The second-order valence-corrected chi connectivity index (χ2v) is 3.80. The number of nitrogens with zero attached hydrogens (tertiary/aromatic N) is 1. The molecule has 0 fully saturated rings. The highest BCUT2D eigenvalue weighted by atomic mass is 16.4. The molecule has 4 heteroatoms. The van der Waals surface area contributed by atoms with E-state index in [1.165, 1.54) is 6.08 Å². The number of hydrogen-bond donors (Lipinski definition) is 2. The Balaban J connectivity index is 2.93. The molecule has 1 rings (SSSR count). The zero-order chi connectivity index (χ0) is 12.1. The number of aliphatic carboxylic acids is 1. The van der Waals surface area contributed by atoms with Crippen LogP contribution in [0.4, 0.5) is 0 Å². The third kappa shape index (κ3) is 3.74.